The number of hydrogen-bond donors (Lipinski definition) is 1. The van der Waals surface area contributed by atoms with Gasteiger partial charge in [0.2, 0.25) is 15.9 Å². The van der Waals surface area contributed by atoms with Crippen LogP contribution in [0.3, 0.4) is 0 Å². The van der Waals surface area contributed by atoms with Crippen molar-refractivity contribution >= 4 is 27.5 Å². The summed E-state index contributed by atoms with van der Waals surface area (Å²) < 4.78 is 39.0. The van der Waals surface area contributed by atoms with E-state index in [-0.39, 0.29) is 18.0 Å². The van der Waals surface area contributed by atoms with Gasteiger partial charge in [-0.2, -0.15) is 4.31 Å². The Bertz CT molecular complexity index is 1030. The van der Waals surface area contributed by atoms with E-state index < -0.39 is 28.3 Å². The van der Waals surface area contributed by atoms with Gasteiger partial charge in [-0.25, -0.2) is 12.8 Å². The molecule has 0 bridgehead atoms. The molecule has 0 saturated carbocycles. The number of carbonyl (C=O) groups is 2. The molecular formula is C22H26FN3O4S. The van der Waals surface area contributed by atoms with Crippen LogP contribution in [-0.4, -0.2) is 55.3 Å². The number of amides is 2. The Morgan fingerprint density at radius 3 is 2.29 bits per heavy atom. The summed E-state index contributed by atoms with van der Waals surface area (Å²) in [7, 11) is -3.74. The van der Waals surface area contributed by atoms with Crippen molar-refractivity contribution in [1.82, 2.24) is 9.21 Å². The van der Waals surface area contributed by atoms with E-state index in [0.29, 0.717) is 11.3 Å². The van der Waals surface area contributed by atoms with Gasteiger partial charge in [-0.3, -0.25) is 9.59 Å². The van der Waals surface area contributed by atoms with E-state index >= 15 is 0 Å². The third-order valence-electron chi connectivity index (χ3n) is 5.15. The molecule has 3 rings (SSSR count). The molecule has 0 unspecified atom stereocenters. The van der Waals surface area contributed by atoms with Crippen LogP contribution in [0.2, 0.25) is 0 Å². The van der Waals surface area contributed by atoms with Gasteiger partial charge in [0.15, 0.2) is 0 Å². The van der Waals surface area contributed by atoms with Crippen LogP contribution >= 0.6 is 0 Å². The predicted molar refractivity (Wildman–Crippen MR) is 116 cm³/mol. The summed E-state index contributed by atoms with van der Waals surface area (Å²) >= 11 is 0. The number of nitrogens with zero attached hydrogens (tertiary/aromatic N) is 2. The molecule has 0 atom stereocenters. The second-order valence-electron chi connectivity index (χ2n) is 7.60. The number of nitrogens with one attached hydrogen (secondary N) is 1. The Kier molecular flexibility index (Phi) is 7.40. The lowest BCUT2D eigenvalue weighted by Crippen LogP contribution is -2.37. The van der Waals surface area contributed by atoms with Crippen molar-refractivity contribution in [2.45, 2.75) is 25.8 Å². The van der Waals surface area contributed by atoms with Crippen molar-refractivity contribution in [3.8, 4) is 0 Å². The van der Waals surface area contributed by atoms with Crippen LogP contribution in [0.25, 0.3) is 0 Å². The molecule has 9 heteroatoms. The molecule has 1 aliphatic heterocycles. The number of anilines is 1. The molecule has 2 aromatic carbocycles. The van der Waals surface area contributed by atoms with E-state index in [4.69, 9.17) is 0 Å². The lowest BCUT2D eigenvalue weighted by atomic mass is 10.1. The number of sulfonamides is 1. The van der Waals surface area contributed by atoms with Gasteiger partial charge in [-0.15, -0.1) is 0 Å². The fraction of sp³-hybridized carbons (Fsp3) is 0.364. The first-order valence-electron chi connectivity index (χ1n) is 10.1. The Morgan fingerprint density at radius 2 is 1.68 bits per heavy atom. The van der Waals surface area contributed by atoms with Gasteiger partial charge in [0.05, 0.1) is 12.8 Å². The Labute approximate surface area is 181 Å². The zero-order chi connectivity index (χ0) is 22.4. The van der Waals surface area contributed by atoms with Crippen LogP contribution in [0.4, 0.5) is 10.1 Å². The van der Waals surface area contributed by atoms with Crippen molar-refractivity contribution in [3.63, 3.8) is 0 Å². The Balaban J connectivity index is 1.63. The third kappa shape index (κ3) is 6.35. The first-order valence-corrected chi connectivity index (χ1v) is 12.0. The standard InChI is InChI=1S/C22H26FN3O4S/c1-31(29,30)26(15-18-7-3-4-8-20(18)23)16-21(27)24-19-11-9-17(10-12-19)22(28)25-13-5-2-6-14-25/h3-4,7-12H,2,5-6,13-16H2,1H3,(H,24,27). The summed E-state index contributed by atoms with van der Waals surface area (Å²) in [5, 5.41) is 2.63. The normalized spacial score (nSPS) is 14.5. The number of rotatable bonds is 7. The number of piperidine rings is 1. The highest BCUT2D eigenvalue weighted by Crippen LogP contribution is 2.16. The van der Waals surface area contributed by atoms with Crippen molar-refractivity contribution in [3.05, 3.63) is 65.5 Å². The fourth-order valence-electron chi connectivity index (χ4n) is 3.44. The molecule has 31 heavy (non-hydrogen) atoms. The number of hydrogen-bond acceptors (Lipinski definition) is 4. The van der Waals surface area contributed by atoms with E-state index in [1.165, 1.54) is 18.2 Å². The van der Waals surface area contributed by atoms with E-state index in [9.17, 15) is 22.4 Å². The van der Waals surface area contributed by atoms with Crippen LogP contribution in [-0.2, 0) is 21.4 Å². The van der Waals surface area contributed by atoms with Crippen LogP contribution in [0.1, 0.15) is 35.2 Å². The van der Waals surface area contributed by atoms with E-state index in [0.717, 1.165) is 42.9 Å². The quantitative estimate of drug-likeness (QED) is 0.707. The summed E-state index contributed by atoms with van der Waals surface area (Å²) in [5.74, 6) is -1.13. The number of carbonyl (C=O) groups excluding carboxylic acids is 2. The highest BCUT2D eigenvalue weighted by molar-refractivity contribution is 7.88. The molecule has 1 aliphatic rings. The molecule has 2 amide bonds. The molecule has 2 aromatic rings. The largest absolute Gasteiger partial charge is 0.339 e. The lowest BCUT2D eigenvalue weighted by Gasteiger charge is -2.26. The van der Waals surface area contributed by atoms with Gasteiger partial charge in [0.1, 0.15) is 5.82 Å². The lowest BCUT2D eigenvalue weighted by molar-refractivity contribution is -0.116. The van der Waals surface area contributed by atoms with Crippen LogP contribution < -0.4 is 5.32 Å². The second-order valence-corrected chi connectivity index (χ2v) is 9.58. The Morgan fingerprint density at radius 1 is 1.03 bits per heavy atom. The highest BCUT2D eigenvalue weighted by Gasteiger charge is 2.22. The van der Waals surface area contributed by atoms with Gasteiger partial charge in [-0.05, 0) is 49.6 Å². The fourth-order valence-corrected chi connectivity index (χ4v) is 4.17. The van der Waals surface area contributed by atoms with E-state index in [1.807, 2.05) is 4.90 Å². The zero-order valence-corrected chi connectivity index (χ0v) is 18.2. The summed E-state index contributed by atoms with van der Waals surface area (Å²) in [6.07, 6.45) is 4.12. The molecule has 0 spiro atoms. The number of likely N-dealkylation sites (tertiary alicyclic amines) is 1. The predicted octanol–water partition coefficient (Wildman–Crippen LogP) is 2.85. The Hall–Kier alpha value is -2.78. The summed E-state index contributed by atoms with van der Waals surface area (Å²) in [6, 6.07) is 12.3. The first kappa shape index (κ1) is 22.9. The summed E-state index contributed by atoms with van der Waals surface area (Å²) in [4.78, 5) is 26.8. The molecule has 7 nitrogen and oxygen atoms in total. The second kappa shape index (κ2) is 10.0. The molecule has 1 N–H and O–H groups in total. The van der Waals surface area contributed by atoms with Crippen molar-refractivity contribution in [2.75, 3.05) is 31.2 Å². The van der Waals surface area contributed by atoms with Crippen molar-refractivity contribution < 1.29 is 22.4 Å². The molecule has 0 radical (unpaired) electrons. The van der Waals surface area contributed by atoms with Crippen LogP contribution in [0.5, 0.6) is 0 Å². The maximum absolute atomic E-state index is 13.9. The number of benzene rings is 2. The summed E-state index contributed by atoms with van der Waals surface area (Å²) in [6.45, 7) is 0.797. The first-order chi connectivity index (χ1) is 14.7. The minimum Gasteiger partial charge on any atom is -0.339 e. The third-order valence-corrected chi connectivity index (χ3v) is 6.35. The maximum atomic E-state index is 13.9. The van der Waals surface area contributed by atoms with Gasteiger partial charge in [0.25, 0.3) is 5.91 Å². The van der Waals surface area contributed by atoms with Gasteiger partial charge in [0, 0.05) is 36.4 Å². The van der Waals surface area contributed by atoms with Crippen molar-refractivity contribution in [1.29, 1.82) is 0 Å². The number of halogens is 1. The van der Waals surface area contributed by atoms with Crippen LogP contribution in [0, 0.1) is 5.82 Å². The zero-order valence-electron chi connectivity index (χ0n) is 17.4. The highest BCUT2D eigenvalue weighted by atomic mass is 32.2. The molecule has 0 aliphatic carbocycles. The maximum Gasteiger partial charge on any atom is 0.253 e. The van der Waals surface area contributed by atoms with E-state index in [2.05, 4.69) is 5.32 Å². The van der Waals surface area contributed by atoms with Gasteiger partial charge < -0.3 is 10.2 Å². The molecule has 1 saturated heterocycles. The SMILES string of the molecule is CS(=O)(=O)N(CC(=O)Nc1ccc(C(=O)N2CCCCC2)cc1)Cc1ccccc1F. The molecule has 166 valence electrons. The topological polar surface area (TPSA) is 86.8 Å². The van der Waals surface area contributed by atoms with Crippen molar-refractivity contribution in [2.24, 2.45) is 0 Å². The van der Waals surface area contributed by atoms with Gasteiger partial charge in [-0.1, -0.05) is 18.2 Å². The summed E-state index contributed by atoms with van der Waals surface area (Å²) in [5.41, 5.74) is 1.16. The van der Waals surface area contributed by atoms with Gasteiger partial charge >= 0.3 is 0 Å². The monoisotopic (exact) mass is 447 g/mol. The van der Waals surface area contributed by atoms with E-state index in [1.54, 1.807) is 30.3 Å². The minimum absolute atomic E-state index is 0.0364. The average molecular weight is 448 g/mol. The molecule has 1 fully saturated rings. The average Bonchev–Trinajstić information content (AvgIpc) is 2.75. The molecular weight excluding hydrogens is 421 g/mol. The van der Waals surface area contributed by atoms with Crippen LogP contribution in [0.15, 0.2) is 48.5 Å². The molecule has 0 aromatic heterocycles. The minimum atomic E-state index is -3.74. The smallest absolute Gasteiger partial charge is 0.253 e. The molecule has 1 heterocycles.